The molecule has 4 amide bonds. The highest BCUT2D eigenvalue weighted by Crippen LogP contribution is 2.17. The molecule has 3 N–H and O–H groups in total. The highest BCUT2D eigenvalue weighted by atomic mass is 16.2. The highest BCUT2D eigenvalue weighted by molar-refractivity contribution is 5.97. The Morgan fingerprint density at radius 2 is 1.69 bits per heavy atom. The van der Waals surface area contributed by atoms with Crippen LogP contribution < -0.4 is 16.0 Å². The van der Waals surface area contributed by atoms with Gasteiger partial charge in [-0.15, -0.1) is 0 Å². The van der Waals surface area contributed by atoms with Crippen molar-refractivity contribution in [3.05, 3.63) is 30.3 Å². The smallest absolute Gasteiger partial charge is 0.321 e. The molecule has 0 bridgehead atoms. The van der Waals surface area contributed by atoms with E-state index in [1.165, 1.54) is 0 Å². The Bertz CT molecular complexity index is 698. The van der Waals surface area contributed by atoms with Crippen molar-refractivity contribution in [3.63, 3.8) is 0 Å². The van der Waals surface area contributed by atoms with Crippen molar-refractivity contribution >= 4 is 23.5 Å². The minimum Gasteiger partial charge on any atom is -0.335 e. The van der Waals surface area contributed by atoms with E-state index in [1.54, 1.807) is 0 Å². The van der Waals surface area contributed by atoms with Crippen LogP contribution in [0.1, 0.15) is 32.6 Å². The lowest BCUT2D eigenvalue weighted by Gasteiger charge is -2.37. The maximum absolute atomic E-state index is 12.4. The average Bonchev–Trinajstić information content (AvgIpc) is 3.21. The molecule has 0 unspecified atom stereocenters. The number of nitrogens with one attached hydrogen (secondary N) is 3. The van der Waals surface area contributed by atoms with Gasteiger partial charge in [-0.25, -0.2) is 4.79 Å². The van der Waals surface area contributed by atoms with Gasteiger partial charge in [0.1, 0.15) is 0 Å². The van der Waals surface area contributed by atoms with Crippen LogP contribution in [0, 0.1) is 0 Å². The van der Waals surface area contributed by atoms with Crippen molar-refractivity contribution in [3.8, 4) is 0 Å². The molecule has 1 saturated carbocycles. The Hall–Kier alpha value is -2.45. The van der Waals surface area contributed by atoms with Crippen molar-refractivity contribution in [2.45, 2.75) is 44.7 Å². The van der Waals surface area contributed by atoms with Crippen LogP contribution in [0.15, 0.2) is 30.3 Å². The van der Waals surface area contributed by atoms with Gasteiger partial charge in [0.25, 0.3) is 0 Å². The first kappa shape index (κ1) is 21.3. The Morgan fingerprint density at radius 1 is 1.03 bits per heavy atom. The largest absolute Gasteiger partial charge is 0.335 e. The molecule has 158 valence electrons. The summed E-state index contributed by atoms with van der Waals surface area (Å²) < 4.78 is 0. The summed E-state index contributed by atoms with van der Waals surface area (Å²) in [5.74, 6) is -0.324. The number of imide groups is 1. The van der Waals surface area contributed by atoms with Crippen LogP contribution in [-0.4, -0.2) is 72.5 Å². The minimum atomic E-state index is -0.398. The summed E-state index contributed by atoms with van der Waals surface area (Å²) in [5, 5.41) is 8.23. The Morgan fingerprint density at radius 3 is 2.34 bits per heavy atom. The van der Waals surface area contributed by atoms with Crippen LogP contribution in [0.2, 0.25) is 0 Å². The minimum absolute atomic E-state index is 0.0426. The molecule has 3 rings (SSSR count). The maximum atomic E-state index is 12.4. The van der Waals surface area contributed by atoms with Gasteiger partial charge in [0, 0.05) is 37.9 Å². The predicted molar refractivity (Wildman–Crippen MR) is 111 cm³/mol. The van der Waals surface area contributed by atoms with Crippen molar-refractivity contribution in [2.24, 2.45) is 0 Å². The standard InChI is InChI=1S/C21H31N5O3/c1-16(20(28)24-21(29)23-18-9-5-6-10-18)26-13-11-25(12-14-26)15-19(27)22-17-7-3-2-4-8-17/h2-4,7-8,16,18H,5-6,9-15H2,1H3,(H,22,27)(H2,23,24,28,29)/t16-/m0/s1. The number of piperazine rings is 1. The number of urea groups is 1. The fourth-order valence-corrected chi connectivity index (χ4v) is 3.91. The van der Waals surface area contributed by atoms with Gasteiger partial charge in [0.15, 0.2) is 0 Å². The van der Waals surface area contributed by atoms with Crippen LogP contribution in [-0.2, 0) is 9.59 Å². The number of anilines is 1. The summed E-state index contributed by atoms with van der Waals surface area (Å²) >= 11 is 0. The first-order chi connectivity index (χ1) is 14.0. The van der Waals surface area contributed by atoms with Crippen LogP contribution >= 0.6 is 0 Å². The zero-order chi connectivity index (χ0) is 20.6. The third-order valence-corrected chi connectivity index (χ3v) is 5.69. The zero-order valence-corrected chi connectivity index (χ0v) is 17.0. The molecule has 1 heterocycles. The summed E-state index contributed by atoms with van der Waals surface area (Å²) in [4.78, 5) is 40.7. The van der Waals surface area contributed by atoms with Crippen molar-refractivity contribution < 1.29 is 14.4 Å². The molecule has 2 fully saturated rings. The SMILES string of the molecule is C[C@@H](C(=O)NC(=O)NC1CCCC1)N1CCN(CC(=O)Nc2ccccc2)CC1. The Balaban J connectivity index is 1.37. The lowest BCUT2D eigenvalue weighted by molar-refractivity contribution is -0.126. The van der Waals surface area contributed by atoms with E-state index in [4.69, 9.17) is 0 Å². The van der Waals surface area contributed by atoms with Crippen molar-refractivity contribution in [2.75, 3.05) is 38.0 Å². The molecule has 1 aliphatic carbocycles. The third-order valence-electron chi connectivity index (χ3n) is 5.69. The van der Waals surface area contributed by atoms with Crippen molar-refractivity contribution in [1.29, 1.82) is 0 Å². The van der Waals surface area contributed by atoms with Gasteiger partial charge < -0.3 is 10.6 Å². The number of amides is 4. The molecule has 29 heavy (non-hydrogen) atoms. The first-order valence-electron chi connectivity index (χ1n) is 10.4. The maximum Gasteiger partial charge on any atom is 0.321 e. The number of para-hydroxylation sites is 1. The number of hydrogen-bond donors (Lipinski definition) is 3. The molecule has 1 aliphatic heterocycles. The second-order valence-corrected chi connectivity index (χ2v) is 7.85. The van der Waals surface area contributed by atoms with Gasteiger partial charge in [-0.2, -0.15) is 0 Å². The molecule has 1 saturated heterocycles. The van der Waals surface area contributed by atoms with E-state index < -0.39 is 6.03 Å². The van der Waals surface area contributed by atoms with Gasteiger partial charge >= 0.3 is 6.03 Å². The van der Waals surface area contributed by atoms with Crippen molar-refractivity contribution in [1.82, 2.24) is 20.4 Å². The van der Waals surface area contributed by atoms with Gasteiger partial charge in [-0.1, -0.05) is 31.0 Å². The fraction of sp³-hybridized carbons (Fsp3) is 0.571. The molecule has 1 atom stereocenters. The summed E-state index contributed by atoms with van der Waals surface area (Å²) in [6.07, 6.45) is 4.22. The molecule has 1 aromatic carbocycles. The molecule has 0 radical (unpaired) electrons. The van der Waals surface area contributed by atoms with E-state index in [2.05, 4.69) is 20.9 Å². The first-order valence-corrected chi connectivity index (χ1v) is 10.4. The number of benzene rings is 1. The van der Waals surface area contributed by atoms with E-state index in [0.29, 0.717) is 32.7 Å². The number of hydrogen-bond acceptors (Lipinski definition) is 5. The zero-order valence-electron chi connectivity index (χ0n) is 17.0. The number of nitrogens with zero attached hydrogens (tertiary/aromatic N) is 2. The Kier molecular flexibility index (Phi) is 7.60. The van der Waals surface area contributed by atoms with E-state index in [0.717, 1.165) is 31.4 Å². The molecule has 2 aliphatic rings. The second-order valence-electron chi connectivity index (χ2n) is 7.85. The summed E-state index contributed by atoms with van der Waals surface area (Å²) in [7, 11) is 0. The normalized spacial score (nSPS) is 19.5. The molecular formula is C21H31N5O3. The lowest BCUT2D eigenvalue weighted by atomic mass is 10.2. The monoisotopic (exact) mass is 401 g/mol. The average molecular weight is 402 g/mol. The summed E-state index contributed by atoms with van der Waals surface area (Å²) in [6.45, 7) is 4.90. The molecule has 0 spiro atoms. The van der Waals surface area contributed by atoms with Gasteiger partial charge in [-0.05, 0) is 31.9 Å². The molecule has 0 aromatic heterocycles. The Labute approximate surface area is 172 Å². The molecule has 8 nitrogen and oxygen atoms in total. The topological polar surface area (TPSA) is 93.8 Å². The van der Waals surface area contributed by atoms with Gasteiger partial charge in [-0.3, -0.25) is 24.7 Å². The van der Waals surface area contributed by atoms with Crippen LogP contribution in [0.25, 0.3) is 0 Å². The van der Waals surface area contributed by atoms with Gasteiger partial charge in [0.2, 0.25) is 11.8 Å². The number of rotatable bonds is 6. The van der Waals surface area contributed by atoms with Crippen LogP contribution in [0.3, 0.4) is 0 Å². The van der Waals surface area contributed by atoms with Crippen LogP contribution in [0.4, 0.5) is 10.5 Å². The van der Waals surface area contributed by atoms with E-state index in [9.17, 15) is 14.4 Å². The fourth-order valence-electron chi connectivity index (χ4n) is 3.91. The van der Waals surface area contributed by atoms with E-state index in [-0.39, 0.29) is 23.9 Å². The molecule has 8 heteroatoms. The second kappa shape index (κ2) is 10.4. The summed E-state index contributed by atoms with van der Waals surface area (Å²) in [6, 6.07) is 8.80. The predicted octanol–water partition coefficient (Wildman–Crippen LogP) is 1.40. The molecular weight excluding hydrogens is 370 g/mol. The van der Waals surface area contributed by atoms with E-state index in [1.807, 2.05) is 42.2 Å². The lowest BCUT2D eigenvalue weighted by Crippen LogP contribution is -2.56. The highest BCUT2D eigenvalue weighted by Gasteiger charge is 2.28. The summed E-state index contributed by atoms with van der Waals surface area (Å²) in [5.41, 5.74) is 0.789. The van der Waals surface area contributed by atoms with Crippen LogP contribution in [0.5, 0.6) is 0 Å². The number of carbonyl (C=O) groups excluding carboxylic acids is 3. The molecule has 1 aromatic rings. The third kappa shape index (κ3) is 6.54. The number of carbonyl (C=O) groups is 3. The quantitative estimate of drug-likeness (QED) is 0.670. The van der Waals surface area contributed by atoms with Gasteiger partial charge in [0.05, 0.1) is 12.6 Å². The van der Waals surface area contributed by atoms with E-state index >= 15 is 0 Å².